The molecule has 1 rings (SSSR count). The van der Waals surface area contributed by atoms with Gasteiger partial charge in [0.05, 0.1) is 6.07 Å². The smallest absolute Gasteiger partial charge is 0.331 e. The van der Waals surface area contributed by atoms with E-state index in [9.17, 15) is 14.7 Å². The van der Waals surface area contributed by atoms with E-state index < -0.39 is 11.2 Å². The molecule has 1 heterocycles. The van der Waals surface area contributed by atoms with Crippen molar-refractivity contribution in [3.8, 4) is 5.88 Å². The molecule has 6 heteroatoms. The van der Waals surface area contributed by atoms with Gasteiger partial charge in [-0.1, -0.05) is 0 Å². The molecule has 0 amide bonds. The molecule has 0 unspecified atom stereocenters. The molecule has 0 aliphatic rings. The number of aromatic amines is 1. The number of hydrogen-bond donors (Lipinski definition) is 2. The monoisotopic (exact) mass is 214 g/mol. The molecular formula is C9H14N2O4. The Labute approximate surface area is 86.1 Å². The highest BCUT2D eigenvalue weighted by Crippen LogP contribution is 2.02. The highest BCUT2D eigenvalue weighted by molar-refractivity contribution is 5.05. The van der Waals surface area contributed by atoms with Gasteiger partial charge in [0.2, 0.25) is 5.88 Å². The largest absolute Gasteiger partial charge is 0.494 e. The number of nitrogens with one attached hydrogen (secondary N) is 1. The predicted octanol–water partition coefficient (Wildman–Crippen LogP) is -0.331. The molecule has 6 nitrogen and oxygen atoms in total. The zero-order chi connectivity index (χ0) is 11.3. The van der Waals surface area contributed by atoms with E-state index in [1.54, 1.807) is 7.11 Å². The average Bonchev–Trinajstić information content (AvgIpc) is 2.15. The molecule has 0 bridgehead atoms. The Morgan fingerprint density at radius 3 is 2.80 bits per heavy atom. The summed E-state index contributed by atoms with van der Waals surface area (Å²) in [5.41, 5.74) is -1.18. The van der Waals surface area contributed by atoms with Gasteiger partial charge >= 0.3 is 5.69 Å². The lowest BCUT2D eigenvalue weighted by atomic mass is 10.3. The fourth-order valence-corrected chi connectivity index (χ4v) is 1.24. The third-order valence-corrected chi connectivity index (χ3v) is 1.99. The normalized spacial score (nSPS) is 10.5. The second-order valence-corrected chi connectivity index (χ2v) is 3.15. The van der Waals surface area contributed by atoms with Crippen molar-refractivity contribution in [1.82, 2.24) is 9.55 Å². The lowest BCUT2D eigenvalue weighted by molar-refractivity contribution is 0.190. The number of ether oxygens (including phenoxy) is 1. The number of aromatic hydroxyl groups is 1. The maximum Gasteiger partial charge on any atom is 0.331 e. The minimum atomic E-state index is -0.592. The van der Waals surface area contributed by atoms with E-state index in [2.05, 4.69) is 4.98 Å². The maximum absolute atomic E-state index is 11.2. The van der Waals surface area contributed by atoms with Crippen LogP contribution in [0.4, 0.5) is 0 Å². The van der Waals surface area contributed by atoms with E-state index in [1.165, 1.54) is 0 Å². The fourth-order valence-electron chi connectivity index (χ4n) is 1.24. The van der Waals surface area contributed by atoms with Crippen LogP contribution in [-0.2, 0) is 11.3 Å². The quantitative estimate of drug-likeness (QED) is 0.657. The number of unbranched alkanes of at least 4 members (excludes halogenated alkanes) is 1. The number of hydrogen-bond acceptors (Lipinski definition) is 4. The Morgan fingerprint density at radius 2 is 2.20 bits per heavy atom. The molecule has 15 heavy (non-hydrogen) atoms. The van der Waals surface area contributed by atoms with Gasteiger partial charge in [0, 0.05) is 20.3 Å². The van der Waals surface area contributed by atoms with E-state index in [0.717, 1.165) is 17.1 Å². The van der Waals surface area contributed by atoms with E-state index in [0.29, 0.717) is 19.6 Å². The van der Waals surface area contributed by atoms with Crippen LogP contribution in [0.3, 0.4) is 0 Å². The van der Waals surface area contributed by atoms with Crippen LogP contribution in [-0.4, -0.2) is 28.4 Å². The second-order valence-electron chi connectivity index (χ2n) is 3.15. The molecule has 1 aromatic rings. The van der Waals surface area contributed by atoms with Crippen LogP contribution in [0.25, 0.3) is 0 Å². The highest BCUT2D eigenvalue weighted by Gasteiger charge is 2.03. The van der Waals surface area contributed by atoms with Crippen molar-refractivity contribution in [1.29, 1.82) is 0 Å². The average molecular weight is 214 g/mol. The first-order chi connectivity index (χ1) is 7.15. The summed E-state index contributed by atoms with van der Waals surface area (Å²) < 4.78 is 5.97. The highest BCUT2D eigenvalue weighted by atomic mass is 16.5. The summed E-state index contributed by atoms with van der Waals surface area (Å²) in [5, 5.41) is 9.34. The molecule has 2 N–H and O–H groups in total. The Kier molecular flexibility index (Phi) is 4.11. The van der Waals surface area contributed by atoms with Gasteiger partial charge in [-0.3, -0.25) is 14.3 Å². The standard InChI is InChI=1S/C9H14N2O4/c1-15-5-3-2-4-11-8(13)6-7(12)10-9(11)14/h6,13H,2-5H2,1H3,(H,10,12,14). The molecule has 0 aromatic carbocycles. The van der Waals surface area contributed by atoms with Crippen molar-refractivity contribution in [2.24, 2.45) is 0 Å². The van der Waals surface area contributed by atoms with Crippen LogP contribution in [0, 0.1) is 0 Å². The summed E-state index contributed by atoms with van der Waals surface area (Å²) in [6, 6.07) is 0.984. The zero-order valence-corrected chi connectivity index (χ0v) is 8.52. The molecule has 0 saturated carbocycles. The zero-order valence-electron chi connectivity index (χ0n) is 8.52. The van der Waals surface area contributed by atoms with Gasteiger partial charge in [0.1, 0.15) is 0 Å². The molecule has 0 saturated heterocycles. The molecule has 0 fully saturated rings. The topological polar surface area (TPSA) is 84.3 Å². The third-order valence-electron chi connectivity index (χ3n) is 1.99. The minimum absolute atomic E-state index is 0.304. The van der Waals surface area contributed by atoms with Gasteiger partial charge in [-0.05, 0) is 12.8 Å². The summed E-state index contributed by atoms with van der Waals surface area (Å²) in [5.74, 6) is -0.304. The number of nitrogens with zero attached hydrogens (tertiary/aromatic N) is 1. The summed E-state index contributed by atoms with van der Waals surface area (Å²) >= 11 is 0. The summed E-state index contributed by atoms with van der Waals surface area (Å²) in [4.78, 5) is 24.1. The molecule has 0 aliphatic heterocycles. The first-order valence-electron chi connectivity index (χ1n) is 4.67. The Morgan fingerprint density at radius 1 is 1.47 bits per heavy atom. The van der Waals surface area contributed by atoms with E-state index in [1.807, 2.05) is 0 Å². The molecule has 84 valence electrons. The van der Waals surface area contributed by atoms with Crippen molar-refractivity contribution < 1.29 is 9.84 Å². The SMILES string of the molecule is COCCCCn1c(O)cc(=O)[nH]c1=O. The second kappa shape index (κ2) is 5.35. The molecular weight excluding hydrogens is 200 g/mol. The van der Waals surface area contributed by atoms with Gasteiger partial charge in [-0.25, -0.2) is 4.79 Å². The molecule has 0 aliphatic carbocycles. The molecule has 0 spiro atoms. The van der Waals surface area contributed by atoms with Crippen LogP contribution in [0.2, 0.25) is 0 Å². The molecule has 0 atom stereocenters. The van der Waals surface area contributed by atoms with Gasteiger partial charge in [0.15, 0.2) is 0 Å². The van der Waals surface area contributed by atoms with Crippen molar-refractivity contribution in [3.63, 3.8) is 0 Å². The van der Waals surface area contributed by atoms with Crippen LogP contribution in [0.1, 0.15) is 12.8 Å². The first-order valence-corrected chi connectivity index (χ1v) is 4.67. The van der Waals surface area contributed by atoms with Gasteiger partial charge in [-0.2, -0.15) is 0 Å². The van der Waals surface area contributed by atoms with Crippen molar-refractivity contribution in [2.75, 3.05) is 13.7 Å². The van der Waals surface area contributed by atoms with Crippen molar-refractivity contribution in [2.45, 2.75) is 19.4 Å². The van der Waals surface area contributed by atoms with Gasteiger partial charge < -0.3 is 9.84 Å². The van der Waals surface area contributed by atoms with Crippen molar-refractivity contribution in [3.05, 3.63) is 26.9 Å². The molecule has 1 aromatic heterocycles. The number of H-pyrrole nitrogens is 1. The summed E-state index contributed by atoms with van der Waals surface area (Å²) in [6.07, 6.45) is 1.49. The Hall–Kier alpha value is -1.56. The fraction of sp³-hybridized carbons (Fsp3) is 0.556. The first kappa shape index (κ1) is 11.5. The maximum atomic E-state index is 11.2. The Bertz CT molecular complexity index is 421. The predicted molar refractivity (Wildman–Crippen MR) is 54.1 cm³/mol. The molecule has 0 radical (unpaired) electrons. The third kappa shape index (κ3) is 3.25. The van der Waals surface area contributed by atoms with Crippen molar-refractivity contribution >= 4 is 0 Å². The minimum Gasteiger partial charge on any atom is -0.494 e. The van der Waals surface area contributed by atoms with E-state index >= 15 is 0 Å². The van der Waals surface area contributed by atoms with Crippen LogP contribution >= 0.6 is 0 Å². The summed E-state index contributed by atoms with van der Waals surface area (Å²) in [6.45, 7) is 0.976. The number of aromatic nitrogens is 2. The van der Waals surface area contributed by atoms with Gasteiger partial charge in [-0.15, -0.1) is 0 Å². The lowest BCUT2D eigenvalue weighted by Crippen LogP contribution is -2.29. The summed E-state index contributed by atoms with van der Waals surface area (Å²) in [7, 11) is 1.60. The van der Waals surface area contributed by atoms with E-state index in [-0.39, 0.29) is 5.88 Å². The number of methoxy groups -OCH3 is 1. The van der Waals surface area contributed by atoms with E-state index in [4.69, 9.17) is 4.74 Å². The Balaban J connectivity index is 2.69. The lowest BCUT2D eigenvalue weighted by Gasteiger charge is -2.06. The van der Waals surface area contributed by atoms with Crippen LogP contribution in [0.5, 0.6) is 5.88 Å². The van der Waals surface area contributed by atoms with Gasteiger partial charge in [0.25, 0.3) is 5.56 Å². The van der Waals surface area contributed by atoms with Crippen LogP contribution < -0.4 is 11.2 Å². The number of rotatable bonds is 5. The van der Waals surface area contributed by atoms with Crippen LogP contribution in [0.15, 0.2) is 15.7 Å².